The minimum absolute atomic E-state index is 0.00659. The summed E-state index contributed by atoms with van der Waals surface area (Å²) in [7, 11) is 4.02. The molecule has 1 aliphatic heterocycles. The number of hydrogen-bond donors (Lipinski definition) is 0. The number of pyridine rings is 1. The van der Waals surface area contributed by atoms with Gasteiger partial charge < -0.3 is 4.74 Å². The van der Waals surface area contributed by atoms with E-state index in [9.17, 15) is 4.79 Å². The van der Waals surface area contributed by atoms with Gasteiger partial charge in [-0.3, -0.25) is 4.79 Å². The predicted molar refractivity (Wildman–Crippen MR) is 126 cm³/mol. The molecule has 0 radical (unpaired) electrons. The van der Waals surface area contributed by atoms with E-state index in [1.54, 1.807) is 0 Å². The Morgan fingerprint density at radius 1 is 0.862 bits per heavy atom. The molecule has 0 aliphatic carbocycles. The molecule has 0 saturated carbocycles. The average molecular weight is 439 g/mol. The van der Waals surface area contributed by atoms with Gasteiger partial charge in [0.1, 0.15) is 6.54 Å². The Morgan fingerprint density at radius 3 is 2.24 bits per heavy atom. The van der Waals surface area contributed by atoms with Crippen LogP contribution in [0.2, 0.25) is 0 Å². The molecule has 1 aliphatic rings. The molecule has 1 saturated heterocycles. The zero-order valence-corrected chi connectivity index (χ0v) is 19.7. The number of hydrogen-bond acceptors (Lipinski definition) is 4. The molecular formula is C24H40NO2S2+. The Hall–Kier alpha value is -0.680. The molecule has 2 heterocycles. The van der Waals surface area contributed by atoms with Crippen LogP contribution in [0.25, 0.3) is 0 Å². The third-order valence-corrected chi connectivity index (χ3v) is 8.49. The van der Waals surface area contributed by atoms with Gasteiger partial charge in [0.2, 0.25) is 0 Å². The molecule has 1 aromatic rings. The van der Waals surface area contributed by atoms with Gasteiger partial charge in [-0.2, -0.15) is 0 Å². The molecule has 0 N–H and O–H groups in total. The number of unbranched alkanes of at least 4 members (excludes halogenated alkanes) is 9. The van der Waals surface area contributed by atoms with Crippen LogP contribution in [0.4, 0.5) is 0 Å². The molecule has 0 spiro atoms. The second-order valence-corrected chi connectivity index (χ2v) is 10.9. The molecule has 1 aromatic heterocycles. The Morgan fingerprint density at radius 2 is 1.55 bits per heavy atom. The van der Waals surface area contributed by atoms with Crippen molar-refractivity contribution in [1.29, 1.82) is 0 Å². The summed E-state index contributed by atoms with van der Waals surface area (Å²) in [4.78, 5) is 11.8. The molecule has 29 heavy (non-hydrogen) atoms. The fraction of sp³-hybridized carbons (Fsp3) is 0.750. The molecule has 0 bridgehead atoms. The van der Waals surface area contributed by atoms with E-state index in [4.69, 9.17) is 4.74 Å². The molecule has 1 unspecified atom stereocenters. The molecule has 5 heteroatoms. The zero-order chi connectivity index (χ0) is 20.4. The summed E-state index contributed by atoms with van der Waals surface area (Å²) >= 11 is 0. The number of carbonyl (C=O) groups is 1. The number of carbonyl (C=O) groups excluding carboxylic acids is 1. The maximum atomic E-state index is 11.8. The fourth-order valence-electron chi connectivity index (χ4n) is 3.68. The molecule has 3 nitrogen and oxygen atoms in total. The lowest BCUT2D eigenvalue weighted by molar-refractivity contribution is -0.697. The van der Waals surface area contributed by atoms with Gasteiger partial charge in [-0.25, -0.2) is 4.57 Å². The van der Waals surface area contributed by atoms with Crippen LogP contribution in [0, 0.1) is 0 Å². The van der Waals surface area contributed by atoms with Crippen molar-refractivity contribution in [3.63, 3.8) is 0 Å². The summed E-state index contributed by atoms with van der Waals surface area (Å²) in [6.45, 7) is 1.75. The van der Waals surface area contributed by atoms with Gasteiger partial charge in [-0.15, -0.1) is 0 Å². The van der Waals surface area contributed by atoms with Crippen LogP contribution in [0.1, 0.15) is 89.9 Å². The van der Waals surface area contributed by atoms with E-state index >= 15 is 0 Å². The van der Waals surface area contributed by atoms with Crippen molar-refractivity contribution in [3.8, 4) is 0 Å². The highest BCUT2D eigenvalue weighted by Gasteiger charge is 2.15. The molecule has 0 amide bonds. The highest BCUT2D eigenvalue weighted by Crippen LogP contribution is 2.39. The second kappa shape index (κ2) is 17.0. The van der Waals surface area contributed by atoms with Gasteiger partial charge in [0.25, 0.3) is 0 Å². The lowest BCUT2D eigenvalue weighted by Crippen LogP contribution is -2.32. The van der Waals surface area contributed by atoms with Crippen molar-refractivity contribution in [2.24, 2.45) is 0 Å². The van der Waals surface area contributed by atoms with Gasteiger partial charge in [0.15, 0.2) is 12.4 Å². The SMILES string of the molecule is O=C(CCCCC1CCSS1)OCCCCCCCCCCC[n+]1ccccc1. The predicted octanol–water partition coefficient (Wildman–Crippen LogP) is 6.74. The first-order valence-electron chi connectivity index (χ1n) is 11.7. The number of aryl methyl sites for hydroxylation is 1. The summed E-state index contributed by atoms with van der Waals surface area (Å²) in [5, 5.41) is 0.823. The third kappa shape index (κ3) is 13.3. The number of aromatic nitrogens is 1. The Labute approximate surface area is 186 Å². The van der Waals surface area contributed by atoms with E-state index in [1.165, 1.54) is 76.4 Å². The van der Waals surface area contributed by atoms with Crippen molar-refractivity contribution in [2.75, 3.05) is 12.4 Å². The zero-order valence-electron chi connectivity index (χ0n) is 18.1. The van der Waals surface area contributed by atoms with Crippen LogP contribution in [0.3, 0.4) is 0 Å². The number of ether oxygens (including phenoxy) is 1. The van der Waals surface area contributed by atoms with Gasteiger partial charge in [0.05, 0.1) is 6.61 Å². The molecule has 1 fully saturated rings. The van der Waals surface area contributed by atoms with Gasteiger partial charge >= 0.3 is 5.97 Å². The van der Waals surface area contributed by atoms with Crippen LogP contribution >= 0.6 is 21.6 Å². The van der Waals surface area contributed by atoms with Crippen LogP contribution in [0.5, 0.6) is 0 Å². The molecule has 2 rings (SSSR count). The largest absolute Gasteiger partial charge is 0.466 e. The second-order valence-electron chi connectivity index (χ2n) is 8.09. The Balaban J connectivity index is 1.26. The first-order chi connectivity index (χ1) is 14.3. The molecule has 0 aromatic carbocycles. The van der Waals surface area contributed by atoms with Crippen LogP contribution < -0.4 is 4.57 Å². The van der Waals surface area contributed by atoms with Crippen molar-refractivity contribution in [3.05, 3.63) is 30.6 Å². The van der Waals surface area contributed by atoms with Gasteiger partial charge in [-0.05, 0) is 32.1 Å². The number of nitrogens with zero attached hydrogens (tertiary/aromatic N) is 1. The quantitative estimate of drug-likeness (QED) is 0.117. The van der Waals surface area contributed by atoms with Crippen LogP contribution in [0.15, 0.2) is 30.6 Å². The normalized spacial score (nSPS) is 16.2. The molecule has 164 valence electrons. The average Bonchev–Trinajstić information content (AvgIpc) is 3.26. The highest BCUT2D eigenvalue weighted by molar-refractivity contribution is 8.77. The maximum Gasteiger partial charge on any atom is 0.305 e. The van der Waals surface area contributed by atoms with Crippen LogP contribution in [-0.4, -0.2) is 23.6 Å². The van der Waals surface area contributed by atoms with E-state index < -0.39 is 0 Å². The topological polar surface area (TPSA) is 30.2 Å². The number of rotatable bonds is 17. The van der Waals surface area contributed by atoms with Crippen molar-refractivity contribution >= 4 is 27.6 Å². The highest BCUT2D eigenvalue weighted by atomic mass is 33.1. The summed E-state index contributed by atoms with van der Waals surface area (Å²) < 4.78 is 7.64. The summed E-state index contributed by atoms with van der Waals surface area (Å²) in [5.41, 5.74) is 0. The van der Waals surface area contributed by atoms with E-state index in [0.29, 0.717) is 13.0 Å². The monoisotopic (exact) mass is 438 g/mol. The lowest BCUT2D eigenvalue weighted by Gasteiger charge is -2.07. The van der Waals surface area contributed by atoms with Crippen molar-refractivity contribution in [1.82, 2.24) is 0 Å². The first-order valence-corrected chi connectivity index (χ1v) is 14.1. The smallest absolute Gasteiger partial charge is 0.305 e. The van der Waals surface area contributed by atoms with E-state index in [-0.39, 0.29) is 5.97 Å². The van der Waals surface area contributed by atoms with E-state index in [1.807, 2.05) is 21.6 Å². The summed E-state index contributed by atoms with van der Waals surface area (Å²) in [6, 6.07) is 6.26. The van der Waals surface area contributed by atoms with Crippen LogP contribution in [-0.2, 0) is 16.1 Å². The minimum Gasteiger partial charge on any atom is -0.466 e. The van der Waals surface area contributed by atoms with E-state index in [0.717, 1.165) is 24.6 Å². The summed E-state index contributed by atoms with van der Waals surface area (Å²) in [6.07, 6.45) is 21.1. The third-order valence-electron chi connectivity index (χ3n) is 5.49. The standard InChI is InChI=1S/C24H40NO2S2/c26-24(16-10-9-15-23-17-22-28-29-23)27-21-14-7-5-3-1-2-4-6-11-18-25-19-12-8-13-20-25/h8,12-13,19-20,23H,1-7,9-11,14-18,21-22H2/q+1. The molecule has 1 atom stereocenters. The number of esters is 1. The fourth-order valence-corrected chi connectivity index (χ4v) is 6.71. The summed E-state index contributed by atoms with van der Waals surface area (Å²) in [5.74, 6) is 1.30. The van der Waals surface area contributed by atoms with Gasteiger partial charge in [0, 0.05) is 36.0 Å². The van der Waals surface area contributed by atoms with Gasteiger partial charge in [-0.1, -0.05) is 72.6 Å². The lowest BCUT2D eigenvalue weighted by atomic mass is 10.1. The first kappa shape index (κ1) is 24.6. The minimum atomic E-state index is 0.00659. The van der Waals surface area contributed by atoms with Crippen molar-refractivity contribution < 1.29 is 14.1 Å². The Bertz CT molecular complexity index is 521. The molecular weight excluding hydrogens is 398 g/mol. The maximum absolute atomic E-state index is 11.8. The van der Waals surface area contributed by atoms with Crippen molar-refractivity contribution in [2.45, 2.75) is 102 Å². The Kier molecular flexibility index (Phi) is 14.5. The van der Waals surface area contributed by atoms with E-state index in [2.05, 4.69) is 35.2 Å².